The molecule has 0 atom stereocenters. The van der Waals surface area contributed by atoms with Crippen molar-refractivity contribution in [3.05, 3.63) is 34.9 Å². The van der Waals surface area contributed by atoms with E-state index in [0.29, 0.717) is 16.4 Å². The maximum Gasteiger partial charge on any atom is 0.128 e. The Kier molecular flexibility index (Phi) is 4.20. The Morgan fingerprint density at radius 1 is 1.37 bits per heavy atom. The van der Waals surface area contributed by atoms with Gasteiger partial charge in [-0.2, -0.15) is 5.26 Å². The molecule has 0 radical (unpaired) electrons. The first-order valence-corrected chi connectivity index (χ1v) is 6.37. The molecular formula is C14H15ClN4. The zero-order chi connectivity index (χ0) is 13.8. The summed E-state index contributed by atoms with van der Waals surface area (Å²) in [6.45, 7) is 1.69. The standard InChI is InChI=1S/C14H15ClN4/c1-19(2)6-5-17-14-7-10(9-16)12-8-11(15)3-4-13(12)18-14/h3-4,7-8H,5-6H2,1-2H3,(H,17,18). The fraction of sp³-hybridized carbons (Fsp3) is 0.286. The molecule has 0 saturated heterocycles. The Morgan fingerprint density at radius 3 is 2.84 bits per heavy atom. The molecule has 0 unspecified atom stereocenters. The number of nitriles is 1. The van der Waals surface area contributed by atoms with Gasteiger partial charge in [0.25, 0.3) is 0 Å². The molecule has 5 heteroatoms. The molecular weight excluding hydrogens is 260 g/mol. The molecule has 2 rings (SSSR count). The van der Waals surface area contributed by atoms with Crippen LogP contribution in [-0.4, -0.2) is 37.1 Å². The molecule has 19 heavy (non-hydrogen) atoms. The van der Waals surface area contributed by atoms with Gasteiger partial charge in [-0.15, -0.1) is 0 Å². The van der Waals surface area contributed by atoms with E-state index in [2.05, 4.69) is 21.3 Å². The zero-order valence-corrected chi connectivity index (χ0v) is 11.7. The van der Waals surface area contributed by atoms with Gasteiger partial charge in [0.2, 0.25) is 0 Å². The zero-order valence-electron chi connectivity index (χ0n) is 10.9. The molecule has 1 heterocycles. The van der Waals surface area contributed by atoms with E-state index < -0.39 is 0 Å². The molecule has 0 saturated carbocycles. The number of anilines is 1. The fourth-order valence-corrected chi connectivity index (χ4v) is 1.96. The molecule has 1 aromatic carbocycles. The predicted octanol–water partition coefficient (Wildman–Crippen LogP) is 2.73. The number of nitrogens with zero attached hydrogens (tertiary/aromatic N) is 3. The van der Waals surface area contributed by atoms with Gasteiger partial charge in [-0.3, -0.25) is 0 Å². The van der Waals surface area contributed by atoms with Gasteiger partial charge in [-0.05, 0) is 38.4 Å². The predicted molar refractivity (Wildman–Crippen MR) is 78.5 cm³/mol. The summed E-state index contributed by atoms with van der Waals surface area (Å²) < 4.78 is 0. The number of pyridine rings is 1. The molecule has 0 fully saturated rings. The van der Waals surface area contributed by atoms with Crippen LogP contribution in [-0.2, 0) is 0 Å². The summed E-state index contributed by atoms with van der Waals surface area (Å²) in [5.74, 6) is 0.716. The molecule has 1 N–H and O–H groups in total. The highest BCUT2D eigenvalue weighted by Gasteiger charge is 2.06. The average molecular weight is 275 g/mol. The van der Waals surface area contributed by atoms with E-state index in [1.807, 2.05) is 20.2 Å². The second-order valence-electron chi connectivity index (χ2n) is 4.56. The van der Waals surface area contributed by atoms with Crippen molar-refractivity contribution < 1.29 is 0 Å². The number of hydrogen-bond donors (Lipinski definition) is 1. The van der Waals surface area contributed by atoms with Crippen molar-refractivity contribution in [2.24, 2.45) is 0 Å². The highest BCUT2D eigenvalue weighted by atomic mass is 35.5. The van der Waals surface area contributed by atoms with E-state index >= 15 is 0 Å². The lowest BCUT2D eigenvalue weighted by Gasteiger charge is -2.11. The first-order valence-electron chi connectivity index (χ1n) is 5.99. The minimum atomic E-state index is 0.583. The highest BCUT2D eigenvalue weighted by molar-refractivity contribution is 6.31. The van der Waals surface area contributed by atoms with E-state index in [4.69, 9.17) is 11.6 Å². The quantitative estimate of drug-likeness (QED) is 0.931. The molecule has 98 valence electrons. The van der Waals surface area contributed by atoms with Crippen LogP contribution in [0.5, 0.6) is 0 Å². The van der Waals surface area contributed by atoms with Crippen LogP contribution in [0.4, 0.5) is 5.82 Å². The molecule has 0 bridgehead atoms. The minimum absolute atomic E-state index is 0.583. The van der Waals surface area contributed by atoms with E-state index in [1.54, 1.807) is 18.2 Å². The van der Waals surface area contributed by atoms with Crippen molar-refractivity contribution in [3.8, 4) is 6.07 Å². The molecule has 0 spiro atoms. The van der Waals surface area contributed by atoms with Crippen molar-refractivity contribution in [2.75, 3.05) is 32.5 Å². The van der Waals surface area contributed by atoms with Crippen LogP contribution >= 0.6 is 11.6 Å². The lowest BCUT2D eigenvalue weighted by atomic mass is 10.1. The number of benzene rings is 1. The molecule has 0 amide bonds. The van der Waals surface area contributed by atoms with Crippen LogP contribution in [0.1, 0.15) is 5.56 Å². The minimum Gasteiger partial charge on any atom is -0.369 e. The third kappa shape index (κ3) is 3.34. The Morgan fingerprint density at radius 2 is 2.16 bits per heavy atom. The van der Waals surface area contributed by atoms with Gasteiger partial charge in [0.05, 0.1) is 17.1 Å². The van der Waals surface area contributed by atoms with Gasteiger partial charge in [-0.25, -0.2) is 4.98 Å². The molecule has 0 aliphatic carbocycles. The fourth-order valence-electron chi connectivity index (χ4n) is 1.79. The molecule has 1 aromatic heterocycles. The van der Waals surface area contributed by atoms with Gasteiger partial charge in [-0.1, -0.05) is 11.6 Å². The van der Waals surface area contributed by atoms with Crippen LogP contribution in [0.15, 0.2) is 24.3 Å². The first kappa shape index (κ1) is 13.6. The summed E-state index contributed by atoms with van der Waals surface area (Å²) >= 11 is 5.95. The number of halogens is 1. The highest BCUT2D eigenvalue weighted by Crippen LogP contribution is 2.23. The van der Waals surface area contributed by atoms with Crippen LogP contribution in [0.25, 0.3) is 10.9 Å². The number of nitrogens with one attached hydrogen (secondary N) is 1. The Bertz CT molecular complexity index is 631. The maximum atomic E-state index is 9.21. The van der Waals surface area contributed by atoms with Gasteiger partial charge in [0.15, 0.2) is 0 Å². The molecule has 0 aliphatic rings. The Balaban J connectivity index is 2.32. The number of hydrogen-bond acceptors (Lipinski definition) is 4. The third-order valence-corrected chi connectivity index (χ3v) is 2.99. The monoisotopic (exact) mass is 274 g/mol. The second-order valence-corrected chi connectivity index (χ2v) is 4.99. The molecule has 2 aromatic rings. The topological polar surface area (TPSA) is 52.0 Å². The number of aromatic nitrogens is 1. The summed E-state index contributed by atoms with van der Waals surface area (Å²) in [6.07, 6.45) is 0. The van der Waals surface area contributed by atoms with Crippen LogP contribution in [0.2, 0.25) is 5.02 Å². The van der Waals surface area contributed by atoms with Crippen molar-refractivity contribution in [1.29, 1.82) is 5.26 Å². The molecule has 4 nitrogen and oxygen atoms in total. The summed E-state index contributed by atoms with van der Waals surface area (Å²) in [6, 6.07) is 9.32. The summed E-state index contributed by atoms with van der Waals surface area (Å²) in [5.41, 5.74) is 1.36. The number of likely N-dealkylation sites (N-methyl/N-ethyl adjacent to an activating group) is 1. The van der Waals surface area contributed by atoms with Crippen molar-refractivity contribution in [3.63, 3.8) is 0 Å². The Labute approximate surface area is 117 Å². The number of rotatable bonds is 4. The van der Waals surface area contributed by atoms with Crippen LogP contribution in [0, 0.1) is 11.3 Å². The van der Waals surface area contributed by atoms with Crippen LogP contribution < -0.4 is 5.32 Å². The lowest BCUT2D eigenvalue weighted by Crippen LogP contribution is -2.21. The van der Waals surface area contributed by atoms with Gasteiger partial charge in [0.1, 0.15) is 5.82 Å². The van der Waals surface area contributed by atoms with E-state index in [-0.39, 0.29) is 0 Å². The summed E-state index contributed by atoms with van der Waals surface area (Å²) in [7, 11) is 4.02. The SMILES string of the molecule is CN(C)CCNc1cc(C#N)c2cc(Cl)ccc2n1. The third-order valence-electron chi connectivity index (χ3n) is 2.76. The van der Waals surface area contributed by atoms with Crippen molar-refractivity contribution >= 4 is 28.3 Å². The number of fused-ring (bicyclic) bond motifs is 1. The van der Waals surface area contributed by atoms with Crippen LogP contribution in [0.3, 0.4) is 0 Å². The Hall–Kier alpha value is -1.83. The summed E-state index contributed by atoms with van der Waals surface area (Å²) in [5, 5.41) is 13.8. The first-order chi connectivity index (χ1) is 9.10. The normalized spacial score (nSPS) is 10.7. The largest absolute Gasteiger partial charge is 0.369 e. The smallest absolute Gasteiger partial charge is 0.128 e. The molecule has 0 aliphatic heterocycles. The van der Waals surface area contributed by atoms with Crippen molar-refractivity contribution in [2.45, 2.75) is 0 Å². The van der Waals surface area contributed by atoms with E-state index in [9.17, 15) is 5.26 Å². The average Bonchev–Trinajstić information content (AvgIpc) is 2.37. The summed E-state index contributed by atoms with van der Waals surface area (Å²) in [4.78, 5) is 6.56. The van der Waals surface area contributed by atoms with Gasteiger partial charge < -0.3 is 10.2 Å². The van der Waals surface area contributed by atoms with E-state index in [0.717, 1.165) is 24.0 Å². The van der Waals surface area contributed by atoms with Gasteiger partial charge in [0, 0.05) is 23.5 Å². The van der Waals surface area contributed by atoms with Gasteiger partial charge >= 0.3 is 0 Å². The maximum absolute atomic E-state index is 9.21. The van der Waals surface area contributed by atoms with Crippen molar-refractivity contribution in [1.82, 2.24) is 9.88 Å². The second kappa shape index (κ2) is 5.87. The van der Waals surface area contributed by atoms with E-state index in [1.165, 1.54) is 0 Å². The lowest BCUT2D eigenvalue weighted by molar-refractivity contribution is 0.425.